The number of nitrogen functional groups attached to an aromatic ring is 1. The van der Waals surface area contributed by atoms with Gasteiger partial charge >= 0.3 is 0 Å². The lowest BCUT2D eigenvalue weighted by Gasteiger charge is -2.05. The summed E-state index contributed by atoms with van der Waals surface area (Å²) in [6.45, 7) is 5.02. The van der Waals surface area contributed by atoms with E-state index in [0.717, 1.165) is 31.7 Å². The molecule has 3 heteroatoms. The second kappa shape index (κ2) is 8.13. The molecule has 0 radical (unpaired) electrons. The molecule has 0 unspecified atom stereocenters. The van der Waals surface area contributed by atoms with Crippen molar-refractivity contribution in [3.63, 3.8) is 0 Å². The third-order valence-corrected chi connectivity index (χ3v) is 2.24. The number of rotatable bonds is 8. The van der Waals surface area contributed by atoms with Crippen molar-refractivity contribution in [1.82, 2.24) is 0 Å². The summed E-state index contributed by atoms with van der Waals surface area (Å²) in [7, 11) is 0. The van der Waals surface area contributed by atoms with E-state index in [2.05, 4.69) is 6.92 Å². The highest BCUT2D eigenvalue weighted by Crippen LogP contribution is 2.05. The van der Waals surface area contributed by atoms with Crippen LogP contribution in [0.15, 0.2) is 24.3 Å². The molecule has 3 nitrogen and oxygen atoms in total. The second-order valence-corrected chi connectivity index (χ2v) is 3.72. The summed E-state index contributed by atoms with van der Waals surface area (Å²) in [4.78, 5) is 0. The second-order valence-electron chi connectivity index (χ2n) is 3.72. The smallest absolute Gasteiger partial charge is 0.0700 e. The maximum atomic E-state index is 5.60. The lowest BCUT2D eigenvalue weighted by Crippen LogP contribution is -2.07. The van der Waals surface area contributed by atoms with Crippen LogP contribution >= 0.6 is 0 Å². The molecular formula is C13H21NO2. The minimum Gasteiger partial charge on any atom is -0.399 e. The Hall–Kier alpha value is -1.06. The van der Waals surface area contributed by atoms with Crippen molar-refractivity contribution in [2.75, 3.05) is 32.2 Å². The van der Waals surface area contributed by atoms with E-state index in [1.807, 2.05) is 24.3 Å². The Labute approximate surface area is 97.6 Å². The molecule has 0 spiro atoms. The predicted octanol–water partition coefficient (Wildman–Crippen LogP) is 2.25. The van der Waals surface area contributed by atoms with Crippen molar-refractivity contribution in [2.45, 2.75) is 19.8 Å². The Kier molecular flexibility index (Phi) is 6.61. The van der Waals surface area contributed by atoms with E-state index in [0.29, 0.717) is 13.2 Å². The van der Waals surface area contributed by atoms with E-state index < -0.39 is 0 Å². The molecule has 2 N–H and O–H groups in total. The molecule has 0 bridgehead atoms. The molecule has 0 fully saturated rings. The van der Waals surface area contributed by atoms with Crippen molar-refractivity contribution in [1.29, 1.82) is 0 Å². The monoisotopic (exact) mass is 223 g/mol. The SMILES string of the molecule is CCCOCCOCCc1ccc(N)cc1. The number of hydrogen-bond acceptors (Lipinski definition) is 3. The van der Waals surface area contributed by atoms with E-state index in [1.54, 1.807) is 0 Å². The van der Waals surface area contributed by atoms with Crippen molar-refractivity contribution >= 4 is 5.69 Å². The zero-order valence-electron chi connectivity index (χ0n) is 9.95. The predicted molar refractivity (Wildman–Crippen MR) is 66.5 cm³/mol. The number of ether oxygens (including phenoxy) is 2. The molecule has 0 aliphatic heterocycles. The minimum atomic E-state index is 0.676. The summed E-state index contributed by atoms with van der Waals surface area (Å²) in [5.41, 5.74) is 7.66. The van der Waals surface area contributed by atoms with Gasteiger partial charge in [0.1, 0.15) is 0 Å². The van der Waals surface area contributed by atoms with Gasteiger partial charge in [0.2, 0.25) is 0 Å². The molecule has 0 atom stereocenters. The average molecular weight is 223 g/mol. The molecule has 16 heavy (non-hydrogen) atoms. The topological polar surface area (TPSA) is 44.5 Å². The molecule has 0 aliphatic carbocycles. The van der Waals surface area contributed by atoms with E-state index in [4.69, 9.17) is 15.2 Å². The lowest BCUT2D eigenvalue weighted by molar-refractivity contribution is 0.0492. The van der Waals surface area contributed by atoms with Gasteiger partial charge in [0.15, 0.2) is 0 Å². The summed E-state index contributed by atoms with van der Waals surface area (Å²) in [6.07, 6.45) is 1.99. The van der Waals surface area contributed by atoms with Crippen LogP contribution in [0.3, 0.4) is 0 Å². The largest absolute Gasteiger partial charge is 0.399 e. The van der Waals surface area contributed by atoms with Crippen LogP contribution in [0.4, 0.5) is 5.69 Å². The first-order valence-electron chi connectivity index (χ1n) is 5.83. The highest BCUT2D eigenvalue weighted by atomic mass is 16.5. The van der Waals surface area contributed by atoms with E-state index in [9.17, 15) is 0 Å². The van der Waals surface area contributed by atoms with Crippen molar-refractivity contribution in [3.8, 4) is 0 Å². The van der Waals surface area contributed by atoms with Crippen LogP contribution in [0.2, 0.25) is 0 Å². The van der Waals surface area contributed by atoms with E-state index in [1.165, 1.54) is 5.56 Å². The molecule has 0 saturated heterocycles. The van der Waals surface area contributed by atoms with Crippen molar-refractivity contribution in [3.05, 3.63) is 29.8 Å². The van der Waals surface area contributed by atoms with Gasteiger partial charge < -0.3 is 15.2 Å². The first kappa shape index (κ1) is 13.0. The zero-order valence-corrected chi connectivity index (χ0v) is 9.95. The fourth-order valence-corrected chi connectivity index (χ4v) is 1.34. The number of anilines is 1. The van der Waals surface area contributed by atoms with Gasteiger partial charge in [-0.15, -0.1) is 0 Å². The molecule has 90 valence electrons. The fraction of sp³-hybridized carbons (Fsp3) is 0.538. The number of nitrogens with two attached hydrogens (primary N) is 1. The summed E-state index contributed by atoms with van der Waals surface area (Å²) in [6, 6.07) is 7.90. The third kappa shape index (κ3) is 5.73. The van der Waals surface area contributed by atoms with Gasteiger partial charge in [-0.05, 0) is 30.5 Å². The molecule has 0 saturated carbocycles. The van der Waals surface area contributed by atoms with Crippen LogP contribution in [0.1, 0.15) is 18.9 Å². The Morgan fingerprint density at radius 1 is 0.938 bits per heavy atom. The third-order valence-electron chi connectivity index (χ3n) is 2.24. The van der Waals surface area contributed by atoms with E-state index in [-0.39, 0.29) is 0 Å². The highest BCUT2D eigenvalue weighted by Gasteiger charge is 1.93. The number of hydrogen-bond donors (Lipinski definition) is 1. The van der Waals surface area contributed by atoms with Gasteiger partial charge in [-0.25, -0.2) is 0 Å². The maximum Gasteiger partial charge on any atom is 0.0700 e. The van der Waals surface area contributed by atoms with E-state index >= 15 is 0 Å². The molecule has 0 amide bonds. The van der Waals surface area contributed by atoms with Crippen LogP contribution in [-0.4, -0.2) is 26.4 Å². The fourth-order valence-electron chi connectivity index (χ4n) is 1.34. The normalized spacial score (nSPS) is 10.6. The van der Waals surface area contributed by atoms with Crippen molar-refractivity contribution < 1.29 is 9.47 Å². The first-order chi connectivity index (χ1) is 7.83. The Balaban J connectivity index is 2.01. The van der Waals surface area contributed by atoms with Crippen LogP contribution in [0.25, 0.3) is 0 Å². The van der Waals surface area contributed by atoms with Gasteiger partial charge in [0.05, 0.1) is 19.8 Å². The lowest BCUT2D eigenvalue weighted by atomic mass is 10.1. The molecule has 1 aromatic carbocycles. The Morgan fingerprint density at radius 3 is 2.19 bits per heavy atom. The van der Waals surface area contributed by atoms with Gasteiger partial charge in [0, 0.05) is 12.3 Å². The highest BCUT2D eigenvalue weighted by molar-refractivity contribution is 5.39. The summed E-state index contributed by atoms with van der Waals surface area (Å²) in [5.74, 6) is 0. The molecule has 0 aliphatic rings. The number of benzene rings is 1. The van der Waals surface area contributed by atoms with Gasteiger partial charge in [-0.1, -0.05) is 19.1 Å². The minimum absolute atomic E-state index is 0.676. The van der Waals surface area contributed by atoms with Crippen LogP contribution in [0.5, 0.6) is 0 Å². The van der Waals surface area contributed by atoms with Gasteiger partial charge in [-0.2, -0.15) is 0 Å². The summed E-state index contributed by atoms with van der Waals surface area (Å²) >= 11 is 0. The Bertz CT molecular complexity index is 272. The summed E-state index contributed by atoms with van der Waals surface area (Å²) in [5, 5.41) is 0. The molecule has 0 heterocycles. The summed E-state index contributed by atoms with van der Waals surface area (Å²) < 4.78 is 10.8. The average Bonchev–Trinajstić information content (AvgIpc) is 2.30. The standard InChI is InChI=1S/C13H21NO2/c1-2-8-15-10-11-16-9-7-12-3-5-13(14)6-4-12/h3-6H,2,7-11,14H2,1H3. The van der Waals surface area contributed by atoms with Gasteiger partial charge in [-0.3, -0.25) is 0 Å². The quantitative estimate of drug-likeness (QED) is 0.543. The molecular weight excluding hydrogens is 202 g/mol. The molecule has 1 rings (SSSR count). The molecule has 0 aromatic heterocycles. The van der Waals surface area contributed by atoms with Crippen LogP contribution in [-0.2, 0) is 15.9 Å². The van der Waals surface area contributed by atoms with Crippen molar-refractivity contribution in [2.24, 2.45) is 0 Å². The van der Waals surface area contributed by atoms with Crippen LogP contribution in [0, 0.1) is 0 Å². The first-order valence-corrected chi connectivity index (χ1v) is 5.83. The van der Waals surface area contributed by atoms with Gasteiger partial charge in [0.25, 0.3) is 0 Å². The zero-order chi connectivity index (χ0) is 11.6. The maximum absolute atomic E-state index is 5.60. The van der Waals surface area contributed by atoms with Crippen LogP contribution < -0.4 is 5.73 Å². The molecule has 1 aromatic rings. The Morgan fingerprint density at radius 2 is 1.56 bits per heavy atom.